The van der Waals surface area contributed by atoms with Crippen molar-refractivity contribution < 1.29 is 9.90 Å². The lowest BCUT2D eigenvalue weighted by molar-refractivity contribution is 0.215. The van der Waals surface area contributed by atoms with Crippen LogP contribution in [0.3, 0.4) is 0 Å². The summed E-state index contributed by atoms with van der Waals surface area (Å²) in [6, 6.07) is -0.141. The van der Waals surface area contributed by atoms with Crippen LogP contribution in [0, 0.1) is 11.8 Å². The minimum atomic E-state index is -0.163. The van der Waals surface area contributed by atoms with Crippen molar-refractivity contribution in [1.82, 2.24) is 15.6 Å². The lowest BCUT2D eigenvalue weighted by Gasteiger charge is -2.24. The van der Waals surface area contributed by atoms with E-state index in [9.17, 15) is 4.79 Å². The molecule has 1 aromatic heterocycles. The molecular weight excluding hydrogens is 274 g/mol. The first-order chi connectivity index (χ1) is 9.61. The van der Waals surface area contributed by atoms with Crippen LogP contribution < -0.4 is 10.6 Å². The van der Waals surface area contributed by atoms with Crippen LogP contribution in [0.4, 0.5) is 4.79 Å². The SMILES string of the molecule is CC(C)C(CCO)NC(=O)NC(c1nccs1)C1CC1. The number of urea groups is 1. The molecule has 112 valence electrons. The zero-order valence-corrected chi connectivity index (χ0v) is 12.8. The van der Waals surface area contributed by atoms with Crippen LogP contribution in [0.2, 0.25) is 0 Å². The molecule has 2 atom stereocenters. The summed E-state index contributed by atoms with van der Waals surface area (Å²) in [5.74, 6) is 0.814. The van der Waals surface area contributed by atoms with Crippen molar-refractivity contribution in [3.8, 4) is 0 Å². The third kappa shape index (κ3) is 4.18. The van der Waals surface area contributed by atoms with Crippen LogP contribution in [-0.2, 0) is 0 Å². The molecule has 2 rings (SSSR count). The molecule has 0 aromatic carbocycles. The summed E-state index contributed by atoms with van der Waals surface area (Å²) in [7, 11) is 0. The van der Waals surface area contributed by atoms with E-state index in [1.54, 1.807) is 17.5 Å². The van der Waals surface area contributed by atoms with Crippen molar-refractivity contribution >= 4 is 17.4 Å². The minimum Gasteiger partial charge on any atom is -0.396 e. The number of carbonyl (C=O) groups excluding carboxylic acids is 1. The van der Waals surface area contributed by atoms with E-state index >= 15 is 0 Å². The van der Waals surface area contributed by atoms with Gasteiger partial charge >= 0.3 is 6.03 Å². The quantitative estimate of drug-likeness (QED) is 0.723. The number of hydrogen-bond acceptors (Lipinski definition) is 4. The van der Waals surface area contributed by atoms with Gasteiger partial charge in [0.15, 0.2) is 0 Å². The number of nitrogens with zero attached hydrogens (tertiary/aromatic N) is 1. The second kappa shape index (κ2) is 7.04. The van der Waals surface area contributed by atoms with E-state index in [0.29, 0.717) is 18.3 Å². The highest BCUT2D eigenvalue weighted by Crippen LogP contribution is 2.41. The highest BCUT2D eigenvalue weighted by atomic mass is 32.1. The molecule has 2 amide bonds. The Hall–Kier alpha value is -1.14. The fraction of sp³-hybridized carbons (Fsp3) is 0.714. The Morgan fingerprint density at radius 2 is 2.25 bits per heavy atom. The summed E-state index contributed by atoms with van der Waals surface area (Å²) in [5.41, 5.74) is 0. The highest BCUT2D eigenvalue weighted by Gasteiger charge is 2.35. The highest BCUT2D eigenvalue weighted by molar-refractivity contribution is 7.09. The first kappa shape index (κ1) is 15.3. The molecule has 1 aliphatic carbocycles. The predicted octanol–water partition coefficient (Wildman–Crippen LogP) is 2.30. The lowest BCUT2D eigenvalue weighted by Crippen LogP contribution is -2.46. The maximum absolute atomic E-state index is 12.1. The predicted molar refractivity (Wildman–Crippen MR) is 79.6 cm³/mol. The molecule has 1 aliphatic rings. The van der Waals surface area contributed by atoms with Gasteiger partial charge in [-0.05, 0) is 31.1 Å². The summed E-state index contributed by atoms with van der Waals surface area (Å²) in [5, 5.41) is 18.0. The van der Waals surface area contributed by atoms with E-state index in [-0.39, 0.29) is 24.7 Å². The normalized spacial score (nSPS) is 17.8. The third-order valence-corrected chi connectivity index (χ3v) is 4.52. The van der Waals surface area contributed by atoms with Gasteiger partial charge in [0, 0.05) is 24.2 Å². The van der Waals surface area contributed by atoms with Gasteiger partial charge in [-0.1, -0.05) is 13.8 Å². The number of hydrogen-bond donors (Lipinski definition) is 3. The molecule has 5 nitrogen and oxygen atoms in total. The second-order valence-electron chi connectivity index (χ2n) is 5.67. The average molecular weight is 297 g/mol. The standard InChI is InChI=1S/C14H23N3O2S/c1-9(2)11(5-7-18)16-14(19)17-12(10-3-4-10)13-15-6-8-20-13/h6,8-12,18H,3-5,7H2,1-2H3,(H2,16,17,19). The van der Waals surface area contributed by atoms with Crippen molar-refractivity contribution in [3.63, 3.8) is 0 Å². The number of thiazole rings is 1. The van der Waals surface area contributed by atoms with Crippen LogP contribution in [0.1, 0.15) is 44.2 Å². The molecule has 1 fully saturated rings. The molecule has 1 heterocycles. The van der Waals surface area contributed by atoms with Crippen LogP contribution in [-0.4, -0.2) is 28.8 Å². The number of aliphatic hydroxyl groups excluding tert-OH is 1. The molecule has 0 bridgehead atoms. The van der Waals surface area contributed by atoms with E-state index in [1.165, 1.54) is 0 Å². The van der Waals surface area contributed by atoms with E-state index in [4.69, 9.17) is 5.11 Å². The van der Waals surface area contributed by atoms with Gasteiger partial charge in [0.1, 0.15) is 5.01 Å². The first-order valence-corrected chi connectivity index (χ1v) is 8.07. The zero-order chi connectivity index (χ0) is 14.5. The van der Waals surface area contributed by atoms with Crippen LogP contribution in [0.15, 0.2) is 11.6 Å². The molecule has 2 unspecified atom stereocenters. The summed E-state index contributed by atoms with van der Waals surface area (Å²) in [6.07, 6.45) is 4.65. The summed E-state index contributed by atoms with van der Waals surface area (Å²) >= 11 is 1.58. The zero-order valence-electron chi connectivity index (χ0n) is 12.0. The van der Waals surface area contributed by atoms with Gasteiger partial charge in [0.2, 0.25) is 0 Å². The molecule has 0 aliphatic heterocycles. The summed E-state index contributed by atoms with van der Waals surface area (Å²) in [6.45, 7) is 4.17. The number of nitrogens with one attached hydrogen (secondary N) is 2. The van der Waals surface area contributed by atoms with Crippen LogP contribution in [0.25, 0.3) is 0 Å². The number of carbonyl (C=O) groups is 1. The van der Waals surface area contributed by atoms with Gasteiger partial charge in [-0.2, -0.15) is 0 Å². The Balaban J connectivity index is 1.91. The lowest BCUT2D eigenvalue weighted by atomic mass is 10.0. The number of aliphatic hydroxyl groups is 1. The van der Waals surface area contributed by atoms with Crippen molar-refractivity contribution in [2.75, 3.05) is 6.61 Å². The van der Waals surface area contributed by atoms with E-state index in [0.717, 1.165) is 17.8 Å². The Morgan fingerprint density at radius 3 is 2.75 bits per heavy atom. The molecule has 3 N–H and O–H groups in total. The minimum absolute atomic E-state index is 0.00357. The van der Waals surface area contributed by atoms with Crippen LogP contribution >= 0.6 is 11.3 Å². The maximum Gasteiger partial charge on any atom is 0.315 e. The van der Waals surface area contributed by atoms with Crippen molar-refractivity contribution in [1.29, 1.82) is 0 Å². The molecule has 0 spiro atoms. The molecule has 0 saturated heterocycles. The Kier molecular flexibility index (Phi) is 5.37. The van der Waals surface area contributed by atoms with Crippen LogP contribution in [0.5, 0.6) is 0 Å². The maximum atomic E-state index is 12.1. The van der Waals surface area contributed by atoms with Crippen molar-refractivity contribution in [2.24, 2.45) is 11.8 Å². The topological polar surface area (TPSA) is 74.2 Å². The van der Waals surface area contributed by atoms with Gasteiger partial charge in [-0.15, -0.1) is 11.3 Å². The fourth-order valence-corrected chi connectivity index (χ4v) is 3.04. The largest absolute Gasteiger partial charge is 0.396 e. The number of aromatic nitrogens is 1. The number of amides is 2. The molecular formula is C14H23N3O2S. The van der Waals surface area contributed by atoms with Gasteiger partial charge in [0.05, 0.1) is 6.04 Å². The Morgan fingerprint density at radius 1 is 1.50 bits per heavy atom. The first-order valence-electron chi connectivity index (χ1n) is 7.19. The average Bonchev–Trinajstić information content (AvgIpc) is 3.10. The second-order valence-corrected chi connectivity index (χ2v) is 6.59. The third-order valence-electron chi connectivity index (χ3n) is 3.66. The van der Waals surface area contributed by atoms with Crippen molar-refractivity contribution in [3.05, 3.63) is 16.6 Å². The Labute approximate surface area is 123 Å². The van der Waals surface area contributed by atoms with Gasteiger partial charge < -0.3 is 15.7 Å². The summed E-state index contributed by atoms with van der Waals surface area (Å²) in [4.78, 5) is 16.5. The smallest absolute Gasteiger partial charge is 0.315 e. The van der Waals surface area contributed by atoms with E-state index in [1.807, 2.05) is 19.2 Å². The van der Waals surface area contributed by atoms with E-state index < -0.39 is 0 Å². The fourth-order valence-electron chi connectivity index (χ4n) is 2.26. The monoisotopic (exact) mass is 297 g/mol. The molecule has 6 heteroatoms. The van der Waals surface area contributed by atoms with Crippen molar-refractivity contribution in [2.45, 2.75) is 45.2 Å². The number of rotatable bonds is 7. The molecule has 1 saturated carbocycles. The van der Waals surface area contributed by atoms with Gasteiger partial charge in [0.25, 0.3) is 0 Å². The van der Waals surface area contributed by atoms with E-state index in [2.05, 4.69) is 15.6 Å². The molecule has 0 radical (unpaired) electrons. The Bertz CT molecular complexity index is 418. The van der Waals surface area contributed by atoms with Gasteiger partial charge in [-0.25, -0.2) is 9.78 Å². The molecule has 20 heavy (non-hydrogen) atoms. The van der Waals surface area contributed by atoms with Gasteiger partial charge in [-0.3, -0.25) is 0 Å². The molecule has 1 aromatic rings. The summed E-state index contributed by atoms with van der Waals surface area (Å²) < 4.78 is 0.